The summed E-state index contributed by atoms with van der Waals surface area (Å²) in [5, 5.41) is 26.5. The largest absolute Gasteiger partial charge is 0.390 e. The quantitative estimate of drug-likeness (QED) is 0.101. The average molecular weight is 1360 g/mol. The van der Waals surface area contributed by atoms with Crippen LogP contribution in [-0.2, 0) is 62.3 Å². The smallest absolute Gasteiger partial charge is 0.248 e. The zero-order valence-corrected chi connectivity index (χ0v) is 62.4. The molecular weight excluding hydrogens is 1230 g/mol. The number of likely N-dealkylation sites (N-methyl/N-ethyl adjacent to an activating group) is 7. The van der Waals surface area contributed by atoms with Gasteiger partial charge < -0.3 is 75.6 Å². The van der Waals surface area contributed by atoms with Crippen LogP contribution in [0.1, 0.15) is 156 Å². The van der Waals surface area contributed by atoms with Gasteiger partial charge in [-0.05, 0) is 95.3 Å². The van der Waals surface area contributed by atoms with Crippen LogP contribution < -0.4 is 26.6 Å². The minimum atomic E-state index is -1.66. The first-order chi connectivity index (χ1) is 44.6. The van der Waals surface area contributed by atoms with Crippen molar-refractivity contribution in [1.29, 1.82) is 0 Å². The number of aliphatic hydroxyl groups excluding tert-OH is 1. The van der Waals surface area contributed by atoms with Crippen LogP contribution in [0.2, 0.25) is 0 Å². The molecule has 27 heteroatoms. The lowest BCUT2D eigenvalue weighted by atomic mass is 9.91. The molecule has 96 heavy (non-hydrogen) atoms. The Hall–Kier alpha value is -6.74. The molecule has 0 aliphatic carbocycles. The van der Waals surface area contributed by atoms with Crippen LogP contribution in [0.3, 0.4) is 0 Å². The fourth-order valence-corrected chi connectivity index (χ4v) is 12.4. The van der Waals surface area contributed by atoms with Crippen LogP contribution in [0.15, 0.2) is 12.2 Å². The summed E-state index contributed by atoms with van der Waals surface area (Å²) in [7, 11) is 9.81. The highest BCUT2D eigenvalue weighted by Crippen LogP contribution is 2.26. The van der Waals surface area contributed by atoms with E-state index in [1.807, 2.05) is 41.5 Å². The number of aliphatic hydroxyl groups is 1. The van der Waals surface area contributed by atoms with Gasteiger partial charge in [0.05, 0.1) is 12.7 Å². The Bertz CT molecular complexity index is 2670. The van der Waals surface area contributed by atoms with Gasteiger partial charge >= 0.3 is 0 Å². The Labute approximate surface area is 573 Å². The highest BCUT2D eigenvalue weighted by atomic mass is 16.5. The van der Waals surface area contributed by atoms with Crippen LogP contribution in [0, 0.1) is 41.4 Å². The molecule has 2 heterocycles. The molecule has 0 bridgehead atoms. The zero-order valence-electron chi connectivity index (χ0n) is 62.4. The van der Waals surface area contributed by atoms with E-state index in [-0.39, 0.29) is 69.0 Å². The van der Waals surface area contributed by atoms with Crippen molar-refractivity contribution in [2.75, 3.05) is 88.7 Å². The normalized spacial score (nSPS) is 27.2. The second kappa shape index (κ2) is 39.6. The highest BCUT2D eigenvalue weighted by Gasteiger charge is 2.47. The third-order valence-electron chi connectivity index (χ3n) is 18.6. The van der Waals surface area contributed by atoms with Crippen molar-refractivity contribution < 1.29 is 67.4 Å². The van der Waals surface area contributed by atoms with Gasteiger partial charge in [-0.3, -0.25) is 57.5 Å². The Morgan fingerprint density at radius 2 is 0.990 bits per heavy atom. The van der Waals surface area contributed by atoms with Gasteiger partial charge in [0, 0.05) is 81.4 Å². The Balaban J connectivity index is 3.06. The first-order valence-electron chi connectivity index (χ1n) is 34.6. The maximum atomic E-state index is 15.3. The van der Waals surface area contributed by atoms with Crippen LogP contribution >= 0.6 is 0 Å². The van der Waals surface area contributed by atoms with Gasteiger partial charge in [0.25, 0.3) is 0 Å². The summed E-state index contributed by atoms with van der Waals surface area (Å²) in [5.74, 6) is -11.5. The average Bonchev–Trinajstić information content (AvgIpc) is 0.845. The third-order valence-corrected chi connectivity index (χ3v) is 18.6. The topological polar surface area (TPSA) is 320 Å². The molecule has 6 N–H and O–H groups in total. The monoisotopic (exact) mass is 1360 g/mol. The second-order valence-electron chi connectivity index (χ2n) is 28.8. The number of carbonyl (C=O) groups excluding carboxylic acids is 12. The van der Waals surface area contributed by atoms with Crippen LogP contribution in [0.5, 0.6) is 0 Å². The van der Waals surface area contributed by atoms with E-state index >= 15 is 28.8 Å². The molecule has 2 aliphatic rings. The van der Waals surface area contributed by atoms with Crippen molar-refractivity contribution in [2.45, 2.75) is 229 Å². The molecular formula is C69H123N13O14. The molecule has 2 saturated heterocycles. The van der Waals surface area contributed by atoms with E-state index < -0.39 is 161 Å². The molecule has 2 rings (SSSR count). The third kappa shape index (κ3) is 23.5. The van der Waals surface area contributed by atoms with Crippen LogP contribution in [-0.4, -0.2) is 276 Å². The van der Waals surface area contributed by atoms with Crippen molar-refractivity contribution in [3.63, 3.8) is 0 Å². The maximum absolute atomic E-state index is 15.3. The second-order valence-corrected chi connectivity index (χ2v) is 28.8. The van der Waals surface area contributed by atoms with Crippen LogP contribution in [0.25, 0.3) is 0 Å². The first-order valence-corrected chi connectivity index (χ1v) is 34.6. The predicted octanol–water partition coefficient (Wildman–Crippen LogP) is 2.09. The first kappa shape index (κ1) is 85.3. The van der Waals surface area contributed by atoms with E-state index in [1.165, 1.54) is 89.7 Å². The Morgan fingerprint density at radius 1 is 0.521 bits per heavy atom. The van der Waals surface area contributed by atoms with Gasteiger partial charge in [0.15, 0.2) is 0 Å². The number of nitrogens with zero attached hydrogens (tertiary/aromatic N) is 8. The fraction of sp³-hybridized carbons (Fsp3) is 0.797. The van der Waals surface area contributed by atoms with Gasteiger partial charge in [0.1, 0.15) is 73.1 Å². The van der Waals surface area contributed by atoms with E-state index in [0.717, 1.165) is 14.7 Å². The van der Waals surface area contributed by atoms with Crippen LogP contribution in [0.4, 0.5) is 0 Å². The lowest BCUT2D eigenvalue weighted by Crippen LogP contribution is -2.64. The summed E-state index contributed by atoms with van der Waals surface area (Å²) in [6, 6.07) is -14.4. The predicted molar refractivity (Wildman–Crippen MR) is 368 cm³/mol. The summed E-state index contributed by atoms with van der Waals surface area (Å²) in [5.41, 5.74) is 0. The van der Waals surface area contributed by atoms with Crippen molar-refractivity contribution in [3.05, 3.63) is 12.2 Å². The summed E-state index contributed by atoms with van der Waals surface area (Å²) in [6.45, 7) is 30.8. The number of amides is 12. The number of hydrogen-bond acceptors (Lipinski definition) is 15. The summed E-state index contributed by atoms with van der Waals surface area (Å²) in [4.78, 5) is 187. The van der Waals surface area contributed by atoms with Gasteiger partial charge in [-0.15, -0.1) is 0 Å². The van der Waals surface area contributed by atoms with E-state index in [1.54, 1.807) is 72.4 Å². The molecule has 2 aliphatic heterocycles. The molecule has 14 atom stereocenters. The number of ether oxygens (including phenoxy) is 1. The summed E-state index contributed by atoms with van der Waals surface area (Å²) >= 11 is 0. The number of piperazine rings is 1. The Kier molecular flexibility index (Phi) is 35.2. The molecule has 0 saturated carbocycles. The number of allylic oxidation sites excluding steroid dienone is 2. The maximum Gasteiger partial charge on any atom is 0.248 e. The number of carbonyl (C=O) groups is 12. The minimum absolute atomic E-state index is 0.0372. The SMILES string of the molecule is C/C=C/C[C@@H](C)[C@@H](O)[C@H]1C(=O)N[C@@H](CCC)C(=O)N(C)[C@H](C)C(=O)N(C)[C@@H]([C@H](C)COCC(=O)N2CCNCC2)C(=O)N[C@@H](C(C)C)C(=O)N(C)[C@@H](CC(C)C)C(=O)N[C@@H](C)C(=O)N[C@H](C)C(=O)N(C)[C@@H](CC(C)C)C(=O)N(C)[C@@H](CC(C)C)C(=O)N(C)[C@@H](C(C)C)C(=O)N1C. The van der Waals surface area contributed by atoms with E-state index in [9.17, 15) is 33.9 Å². The molecule has 0 aromatic carbocycles. The van der Waals surface area contributed by atoms with Crippen molar-refractivity contribution in [3.8, 4) is 0 Å². The van der Waals surface area contributed by atoms with E-state index in [0.29, 0.717) is 32.6 Å². The zero-order chi connectivity index (χ0) is 73.7. The van der Waals surface area contributed by atoms with Crippen molar-refractivity contribution in [1.82, 2.24) is 65.8 Å². The standard InChI is InChI=1S/C69H123N13O14/c1-25-27-29-44(13)58(84)57-62(88)73-49(28-26-2)65(91)75(18)48(17)64(90)80(23)56(45(14)37-96-38-53(83)82-32-30-70-31-33-82)61(87)74-54(42(9)10)68(94)76(19)50(34-39(3)4)60(86)71-46(15)59(85)72-47(16)63(89)77(20)51(35-40(5)6)66(92)78(21)52(36-41(7)8)67(93)79(22)55(43(11)12)69(95)81(57)24/h25,27,39-52,54-58,70,84H,26,28-38H2,1-24H3,(H,71,86)(H,72,85)(H,73,88)(H,74,87)/b27-25+/t44-,45-,46+,47-,48-,49+,50+,51+,52+,54+,55+,56+,57+,58-/m1/s1. The molecule has 0 unspecified atom stereocenters. The molecule has 0 spiro atoms. The van der Waals surface area contributed by atoms with E-state index in [4.69, 9.17) is 4.74 Å². The highest BCUT2D eigenvalue weighted by molar-refractivity contribution is 6.00. The number of hydrogen-bond donors (Lipinski definition) is 6. The molecule has 12 amide bonds. The van der Waals surface area contributed by atoms with Gasteiger partial charge in [-0.1, -0.05) is 109 Å². The summed E-state index contributed by atoms with van der Waals surface area (Å²) in [6.07, 6.45) is 3.08. The van der Waals surface area contributed by atoms with Gasteiger partial charge in [-0.2, -0.15) is 0 Å². The van der Waals surface area contributed by atoms with Crippen molar-refractivity contribution >= 4 is 70.9 Å². The van der Waals surface area contributed by atoms with Gasteiger partial charge in [-0.25, -0.2) is 0 Å². The summed E-state index contributed by atoms with van der Waals surface area (Å²) < 4.78 is 5.96. The Morgan fingerprint density at radius 3 is 1.49 bits per heavy atom. The number of rotatable bonds is 19. The number of nitrogens with one attached hydrogen (secondary N) is 5. The fourth-order valence-electron chi connectivity index (χ4n) is 12.4. The lowest BCUT2D eigenvalue weighted by Gasteiger charge is -2.41. The molecule has 0 aromatic heterocycles. The van der Waals surface area contributed by atoms with E-state index in [2.05, 4.69) is 26.6 Å². The van der Waals surface area contributed by atoms with Crippen molar-refractivity contribution in [2.24, 2.45) is 41.4 Å². The van der Waals surface area contributed by atoms with Gasteiger partial charge in [0.2, 0.25) is 70.9 Å². The molecule has 0 radical (unpaired) electrons. The molecule has 0 aromatic rings. The lowest BCUT2D eigenvalue weighted by molar-refractivity contribution is -0.157. The molecule has 2 fully saturated rings. The molecule has 548 valence electrons. The minimum Gasteiger partial charge on any atom is -0.390 e. The molecule has 27 nitrogen and oxygen atoms in total.